The van der Waals surface area contributed by atoms with E-state index >= 15 is 0 Å². The molecule has 2 unspecified atom stereocenters. The second-order valence-corrected chi connectivity index (χ2v) is 4.43. The summed E-state index contributed by atoms with van der Waals surface area (Å²) in [6.45, 7) is 3.45. The summed E-state index contributed by atoms with van der Waals surface area (Å²) < 4.78 is 4.74. The summed E-state index contributed by atoms with van der Waals surface area (Å²) in [5, 5.41) is 10.5. The molecule has 1 rings (SSSR count). The van der Waals surface area contributed by atoms with Crippen molar-refractivity contribution in [3.63, 3.8) is 0 Å². The van der Waals surface area contributed by atoms with Gasteiger partial charge in [0.1, 0.15) is 0 Å². The number of nitrogens with zero attached hydrogens (tertiary/aromatic N) is 1. The Labute approximate surface area is 91.2 Å². The number of likely N-dealkylation sites (N-methyl/N-ethyl adjacent to an activating group) is 1. The lowest BCUT2D eigenvalue weighted by Crippen LogP contribution is -2.53. The van der Waals surface area contributed by atoms with Gasteiger partial charge in [0.05, 0.1) is 18.6 Å². The highest BCUT2D eigenvalue weighted by Gasteiger charge is 2.43. The smallest absolute Gasteiger partial charge is 0.311 e. The number of carbonyl (C=O) groups is 1. The lowest BCUT2D eigenvalue weighted by molar-refractivity contribution is -0.160. The Morgan fingerprint density at radius 2 is 2.33 bits per heavy atom. The minimum absolute atomic E-state index is 0.296. The van der Waals surface area contributed by atoms with E-state index in [2.05, 4.69) is 4.90 Å². The number of piperidine rings is 1. The van der Waals surface area contributed by atoms with Gasteiger partial charge in [-0.1, -0.05) is 6.92 Å². The van der Waals surface area contributed by atoms with E-state index in [4.69, 9.17) is 4.74 Å². The molecule has 1 saturated heterocycles. The van der Waals surface area contributed by atoms with Crippen molar-refractivity contribution in [3.8, 4) is 0 Å². The predicted octanol–water partition coefficient (Wildman–Crippen LogP) is 0.642. The van der Waals surface area contributed by atoms with Crippen molar-refractivity contribution in [1.82, 2.24) is 4.90 Å². The van der Waals surface area contributed by atoms with Crippen molar-refractivity contribution in [2.75, 3.05) is 27.2 Å². The molecule has 1 heterocycles. The first-order chi connectivity index (χ1) is 7.03. The summed E-state index contributed by atoms with van der Waals surface area (Å²) >= 11 is 0. The van der Waals surface area contributed by atoms with E-state index in [-0.39, 0.29) is 5.97 Å². The highest BCUT2D eigenvalue weighted by atomic mass is 16.5. The molecular weight excluding hydrogens is 194 g/mol. The number of esters is 1. The molecule has 15 heavy (non-hydrogen) atoms. The Morgan fingerprint density at radius 3 is 2.80 bits per heavy atom. The second-order valence-electron chi connectivity index (χ2n) is 4.43. The van der Waals surface area contributed by atoms with E-state index < -0.39 is 11.5 Å². The first kappa shape index (κ1) is 12.5. The monoisotopic (exact) mass is 215 g/mol. The number of methoxy groups -OCH3 is 1. The molecular formula is C11H21NO3. The minimum atomic E-state index is -0.908. The Kier molecular flexibility index (Phi) is 4.11. The SMILES string of the molecule is CCC(C(=O)OC)C1(O)CCCN(C)C1. The highest BCUT2D eigenvalue weighted by molar-refractivity contribution is 5.73. The molecule has 4 heteroatoms. The maximum atomic E-state index is 11.6. The van der Waals surface area contributed by atoms with Gasteiger partial charge in [-0.25, -0.2) is 0 Å². The Hall–Kier alpha value is -0.610. The molecule has 0 aromatic rings. The molecule has 1 aliphatic heterocycles. The van der Waals surface area contributed by atoms with Crippen LogP contribution in [0, 0.1) is 5.92 Å². The minimum Gasteiger partial charge on any atom is -0.469 e. The predicted molar refractivity (Wildman–Crippen MR) is 57.5 cm³/mol. The van der Waals surface area contributed by atoms with E-state index in [0.29, 0.717) is 19.4 Å². The average molecular weight is 215 g/mol. The van der Waals surface area contributed by atoms with Crippen molar-refractivity contribution in [2.24, 2.45) is 5.92 Å². The van der Waals surface area contributed by atoms with Crippen molar-refractivity contribution in [3.05, 3.63) is 0 Å². The summed E-state index contributed by atoms with van der Waals surface area (Å²) in [7, 11) is 3.34. The van der Waals surface area contributed by atoms with Gasteiger partial charge in [-0.15, -0.1) is 0 Å². The molecule has 0 aromatic heterocycles. The Morgan fingerprint density at radius 1 is 1.67 bits per heavy atom. The second kappa shape index (κ2) is 4.94. The van der Waals surface area contributed by atoms with Gasteiger partial charge >= 0.3 is 5.97 Å². The molecule has 1 fully saturated rings. The molecule has 88 valence electrons. The molecule has 0 aliphatic carbocycles. The zero-order valence-corrected chi connectivity index (χ0v) is 9.82. The number of β-amino-alcohol motifs (C(OH)–C–C–N with tert-alkyl or cyclic N) is 1. The number of rotatable bonds is 3. The quantitative estimate of drug-likeness (QED) is 0.702. The van der Waals surface area contributed by atoms with Crippen LogP contribution in [0.1, 0.15) is 26.2 Å². The zero-order valence-electron chi connectivity index (χ0n) is 9.82. The van der Waals surface area contributed by atoms with Crippen LogP contribution in [0.15, 0.2) is 0 Å². The number of likely N-dealkylation sites (tertiary alicyclic amines) is 1. The van der Waals surface area contributed by atoms with Gasteiger partial charge in [-0.3, -0.25) is 4.79 Å². The lowest BCUT2D eigenvalue weighted by atomic mass is 9.79. The normalized spacial score (nSPS) is 29.9. The summed E-state index contributed by atoms with van der Waals surface area (Å²) in [5.74, 6) is -0.694. The maximum absolute atomic E-state index is 11.6. The number of hydrogen-bond donors (Lipinski definition) is 1. The van der Waals surface area contributed by atoms with Gasteiger partial charge in [-0.05, 0) is 32.9 Å². The fourth-order valence-corrected chi connectivity index (χ4v) is 2.47. The number of hydrogen-bond acceptors (Lipinski definition) is 4. The van der Waals surface area contributed by atoms with Crippen molar-refractivity contribution in [1.29, 1.82) is 0 Å². The third kappa shape index (κ3) is 2.69. The summed E-state index contributed by atoms with van der Waals surface area (Å²) in [5.41, 5.74) is -0.908. The molecule has 1 aliphatic rings. The largest absolute Gasteiger partial charge is 0.469 e. The lowest BCUT2D eigenvalue weighted by Gasteiger charge is -2.41. The van der Waals surface area contributed by atoms with Crippen LogP contribution in [-0.4, -0.2) is 48.8 Å². The van der Waals surface area contributed by atoms with Crippen LogP contribution in [0.5, 0.6) is 0 Å². The first-order valence-electron chi connectivity index (χ1n) is 5.52. The summed E-state index contributed by atoms with van der Waals surface area (Å²) in [4.78, 5) is 13.6. The molecule has 0 bridgehead atoms. The Bertz CT molecular complexity index is 232. The zero-order chi connectivity index (χ0) is 11.5. The van der Waals surface area contributed by atoms with Crippen LogP contribution in [0.3, 0.4) is 0 Å². The van der Waals surface area contributed by atoms with Gasteiger partial charge in [0.25, 0.3) is 0 Å². The van der Waals surface area contributed by atoms with Gasteiger partial charge in [0.2, 0.25) is 0 Å². The molecule has 0 radical (unpaired) electrons. The van der Waals surface area contributed by atoms with Crippen LogP contribution in [0.4, 0.5) is 0 Å². The molecule has 2 atom stereocenters. The van der Waals surface area contributed by atoms with Gasteiger partial charge < -0.3 is 14.7 Å². The van der Waals surface area contributed by atoms with Crippen molar-refractivity contribution in [2.45, 2.75) is 31.8 Å². The number of carbonyl (C=O) groups excluding carboxylic acids is 1. The van der Waals surface area contributed by atoms with E-state index in [9.17, 15) is 9.90 Å². The van der Waals surface area contributed by atoms with Gasteiger partial charge in [0.15, 0.2) is 0 Å². The highest BCUT2D eigenvalue weighted by Crippen LogP contribution is 2.31. The average Bonchev–Trinajstić information content (AvgIpc) is 2.17. The summed E-state index contributed by atoms with van der Waals surface area (Å²) in [6, 6.07) is 0. The molecule has 0 saturated carbocycles. The first-order valence-corrected chi connectivity index (χ1v) is 5.52. The molecule has 1 N–H and O–H groups in total. The van der Waals surface area contributed by atoms with Crippen LogP contribution in [-0.2, 0) is 9.53 Å². The molecule has 4 nitrogen and oxygen atoms in total. The van der Waals surface area contributed by atoms with Crippen LogP contribution in [0.25, 0.3) is 0 Å². The number of aliphatic hydroxyl groups is 1. The van der Waals surface area contributed by atoms with E-state index in [1.165, 1.54) is 7.11 Å². The fraction of sp³-hybridized carbons (Fsp3) is 0.909. The van der Waals surface area contributed by atoms with Crippen LogP contribution < -0.4 is 0 Å². The molecule has 0 aromatic carbocycles. The molecule has 0 amide bonds. The van der Waals surface area contributed by atoms with Crippen LogP contribution in [0.2, 0.25) is 0 Å². The van der Waals surface area contributed by atoms with Crippen LogP contribution >= 0.6 is 0 Å². The fourth-order valence-electron chi connectivity index (χ4n) is 2.47. The van der Waals surface area contributed by atoms with Crippen molar-refractivity contribution >= 4 is 5.97 Å². The van der Waals surface area contributed by atoms with E-state index in [1.807, 2.05) is 14.0 Å². The summed E-state index contributed by atoms with van der Waals surface area (Å²) in [6.07, 6.45) is 2.24. The van der Waals surface area contributed by atoms with Gasteiger partial charge in [-0.2, -0.15) is 0 Å². The van der Waals surface area contributed by atoms with E-state index in [0.717, 1.165) is 13.0 Å². The third-order valence-corrected chi connectivity index (χ3v) is 3.24. The van der Waals surface area contributed by atoms with Gasteiger partial charge in [0, 0.05) is 6.54 Å². The maximum Gasteiger partial charge on any atom is 0.311 e. The van der Waals surface area contributed by atoms with Crippen molar-refractivity contribution < 1.29 is 14.6 Å². The Balaban J connectivity index is 2.76. The van der Waals surface area contributed by atoms with E-state index in [1.54, 1.807) is 0 Å². The third-order valence-electron chi connectivity index (χ3n) is 3.24. The standard InChI is InChI=1S/C11H21NO3/c1-4-9(10(13)15-3)11(14)6-5-7-12(2)8-11/h9,14H,4-8H2,1-3H3. The number of ether oxygens (including phenoxy) is 1. The molecule has 0 spiro atoms. The topological polar surface area (TPSA) is 49.8 Å².